The predicted octanol–water partition coefficient (Wildman–Crippen LogP) is 3.23. The lowest BCUT2D eigenvalue weighted by atomic mass is 10.0. The number of anilines is 1. The van der Waals surface area contributed by atoms with E-state index in [9.17, 15) is 26.4 Å². The van der Waals surface area contributed by atoms with Gasteiger partial charge in [-0.15, -0.1) is 0 Å². The van der Waals surface area contributed by atoms with Gasteiger partial charge < -0.3 is 4.90 Å². The van der Waals surface area contributed by atoms with Crippen molar-refractivity contribution in [2.75, 3.05) is 18.0 Å². The van der Waals surface area contributed by atoms with E-state index in [1.165, 1.54) is 0 Å². The highest BCUT2D eigenvalue weighted by atomic mass is 32.2. The van der Waals surface area contributed by atoms with Crippen molar-refractivity contribution >= 4 is 27.6 Å². The van der Waals surface area contributed by atoms with Crippen LogP contribution in [0.2, 0.25) is 0 Å². The molecule has 3 heterocycles. The van der Waals surface area contributed by atoms with Gasteiger partial charge in [-0.2, -0.15) is 13.2 Å². The Labute approximate surface area is 195 Å². The van der Waals surface area contributed by atoms with Gasteiger partial charge in [0.15, 0.2) is 5.25 Å². The fourth-order valence-corrected chi connectivity index (χ4v) is 6.34. The Kier molecular flexibility index (Phi) is 6.36. The van der Waals surface area contributed by atoms with Crippen LogP contribution in [-0.2, 0) is 21.0 Å². The first kappa shape index (κ1) is 24.1. The van der Waals surface area contributed by atoms with Crippen LogP contribution in [-0.4, -0.2) is 59.5 Å². The van der Waals surface area contributed by atoms with Crippen LogP contribution < -0.4 is 4.90 Å². The quantitative estimate of drug-likeness (QED) is 0.646. The highest BCUT2D eigenvalue weighted by Crippen LogP contribution is 2.37. The second kappa shape index (κ2) is 8.97. The Hall–Kier alpha value is -3.02. The molecule has 1 unspecified atom stereocenters. The van der Waals surface area contributed by atoms with Crippen LogP contribution >= 0.6 is 0 Å². The Bertz CT molecular complexity index is 1190. The zero-order valence-electron chi connectivity index (χ0n) is 18.6. The van der Waals surface area contributed by atoms with Crippen LogP contribution in [0, 0.1) is 0 Å². The second-order valence-electron chi connectivity index (χ2n) is 8.50. The van der Waals surface area contributed by atoms with E-state index in [1.807, 2.05) is 0 Å². The first-order valence-electron chi connectivity index (χ1n) is 10.9. The van der Waals surface area contributed by atoms with Gasteiger partial charge >= 0.3 is 6.18 Å². The number of amides is 1. The summed E-state index contributed by atoms with van der Waals surface area (Å²) in [5.41, 5.74) is -0.567. The number of rotatable bonds is 4. The lowest BCUT2D eigenvalue weighted by Gasteiger charge is -2.30. The number of aliphatic imine (C=N–C) groups is 1. The number of piperidine rings is 1. The fraction of sp³-hybridized carbons (Fsp3) is 0.455. The second-order valence-corrected chi connectivity index (χ2v) is 10.4. The third-order valence-electron chi connectivity index (χ3n) is 5.81. The standard InChI is InChI=1S/C22H24F3N5O3S/c1-14(2)30-20(31)18(19(34(30,32)33)15-6-4-3-5-7-15)27-16-9-12-29(13-10-16)21-26-11-8-17(28-21)22(23,24)25/h3-8,11,14,16,19H,9-10,12-13H2,1-2H3. The van der Waals surface area contributed by atoms with E-state index in [0.29, 0.717) is 31.5 Å². The molecule has 4 rings (SSSR count). The van der Waals surface area contributed by atoms with Gasteiger partial charge in [0.1, 0.15) is 11.4 Å². The molecule has 34 heavy (non-hydrogen) atoms. The van der Waals surface area contributed by atoms with E-state index in [0.717, 1.165) is 16.6 Å². The van der Waals surface area contributed by atoms with Crippen LogP contribution in [0.3, 0.4) is 0 Å². The molecule has 2 aromatic rings. The summed E-state index contributed by atoms with van der Waals surface area (Å²) >= 11 is 0. The number of aromatic nitrogens is 2. The van der Waals surface area contributed by atoms with Crippen molar-refractivity contribution in [1.82, 2.24) is 14.3 Å². The van der Waals surface area contributed by atoms with Crippen LogP contribution in [0.1, 0.15) is 43.2 Å². The number of carbonyl (C=O) groups excluding carboxylic acids is 1. The molecule has 0 aliphatic carbocycles. The molecule has 1 amide bonds. The fourth-order valence-electron chi connectivity index (χ4n) is 4.25. The van der Waals surface area contributed by atoms with Gasteiger partial charge in [0.2, 0.25) is 5.95 Å². The molecular weight excluding hydrogens is 471 g/mol. The summed E-state index contributed by atoms with van der Waals surface area (Å²) in [6.45, 7) is 3.92. The maximum absolute atomic E-state index is 13.3. The van der Waals surface area contributed by atoms with Gasteiger partial charge in [-0.25, -0.2) is 22.7 Å². The minimum absolute atomic E-state index is 0.0198. The molecule has 12 heteroatoms. The summed E-state index contributed by atoms with van der Waals surface area (Å²) in [6.07, 6.45) is -2.66. The number of hydrogen-bond acceptors (Lipinski definition) is 7. The molecule has 2 fully saturated rings. The molecule has 0 bridgehead atoms. The van der Waals surface area contributed by atoms with E-state index >= 15 is 0 Å². The Morgan fingerprint density at radius 2 is 1.74 bits per heavy atom. The molecule has 0 spiro atoms. The van der Waals surface area contributed by atoms with Gasteiger partial charge in [-0.1, -0.05) is 30.3 Å². The molecule has 8 nitrogen and oxygen atoms in total. The summed E-state index contributed by atoms with van der Waals surface area (Å²) in [5, 5.41) is -1.19. The van der Waals surface area contributed by atoms with E-state index < -0.39 is 39.1 Å². The van der Waals surface area contributed by atoms with Crippen LogP contribution in [0.25, 0.3) is 0 Å². The molecule has 0 radical (unpaired) electrons. The summed E-state index contributed by atoms with van der Waals surface area (Å²) in [4.78, 5) is 26.9. The maximum Gasteiger partial charge on any atom is 0.433 e. The van der Waals surface area contributed by atoms with Crippen molar-refractivity contribution in [3.05, 3.63) is 53.9 Å². The monoisotopic (exact) mass is 495 g/mol. The SMILES string of the molecule is CC(C)N1C(=O)C(=NC2CCN(c3nccc(C(F)(F)F)n3)CC2)C(c2ccccc2)S1(=O)=O. The number of benzene rings is 1. The summed E-state index contributed by atoms with van der Waals surface area (Å²) in [5.74, 6) is -0.652. The van der Waals surface area contributed by atoms with Crippen molar-refractivity contribution in [2.45, 2.75) is 50.2 Å². The Balaban J connectivity index is 1.58. The van der Waals surface area contributed by atoms with E-state index in [2.05, 4.69) is 15.0 Å². The highest BCUT2D eigenvalue weighted by Gasteiger charge is 2.52. The smallest absolute Gasteiger partial charge is 0.341 e. The van der Waals surface area contributed by atoms with Crippen molar-refractivity contribution in [1.29, 1.82) is 0 Å². The highest BCUT2D eigenvalue weighted by molar-refractivity contribution is 7.91. The first-order valence-corrected chi connectivity index (χ1v) is 12.4. The summed E-state index contributed by atoms with van der Waals surface area (Å²) in [7, 11) is -3.99. The lowest BCUT2D eigenvalue weighted by molar-refractivity contribution is -0.141. The minimum atomic E-state index is -4.56. The Morgan fingerprint density at radius 1 is 1.09 bits per heavy atom. The molecule has 1 atom stereocenters. The third kappa shape index (κ3) is 4.50. The number of sulfonamides is 1. The third-order valence-corrected chi connectivity index (χ3v) is 8.04. The van der Waals surface area contributed by atoms with Crippen molar-refractivity contribution in [3.63, 3.8) is 0 Å². The number of alkyl halides is 3. The minimum Gasteiger partial charge on any atom is -0.341 e. The number of halogens is 3. The zero-order valence-corrected chi connectivity index (χ0v) is 19.4. The van der Waals surface area contributed by atoms with Crippen LogP contribution in [0.5, 0.6) is 0 Å². The largest absolute Gasteiger partial charge is 0.433 e. The molecule has 1 aromatic carbocycles. The molecule has 2 aliphatic heterocycles. The van der Waals surface area contributed by atoms with Gasteiger partial charge in [0.25, 0.3) is 15.9 Å². The summed E-state index contributed by atoms with van der Waals surface area (Å²) in [6, 6.07) is 8.39. The number of nitrogens with zero attached hydrogens (tertiary/aromatic N) is 5. The van der Waals surface area contributed by atoms with Crippen molar-refractivity contribution < 1.29 is 26.4 Å². The Morgan fingerprint density at radius 3 is 2.32 bits per heavy atom. The lowest BCUT2D eigenvalue weighted by Crippen LogP contribution is -2.38. The van der Waals surface area contributed by atoms with Gasteiger partial charge in [0, 0.05) is 25.3 Å². The summed E-state index contributed by atoms with van der Waals surface area (Å²) < 4.78 is 66.3. The molecular formula is C22H24F3N5O3S. The predicted molar refractivity (Wildman–Crippen MR) is 120 cm³/mol. The average Bonchev–Trinajstić information content (AvgIpc) is 2.98. The zero-order chi connectivity index (χ0) is 24.7. The van der Waals surface area contributed by atoms with E-state index in [1.54, 1.807) is 49.1 Å². The molecule has 2 aliphatic rings. The number of carbonyl (C=O) groups is 1. The van der Waals surface area contributed by atoms with Crippen LogP contribution in [0.15, 0.2) is 47.6 Å². The van der Waals surface area contributed by atoms with E-state index in [-0.39, 0.29) is 17.7 Å². The topological polar surface area (TPSA) is 95.8 Å². The van der Waals surface area contributed by atoms with Gasteiger partial charge in [0.05, 0.1) is 6.04 Å². The average molecular weight is 496 g/mol. The maximum atomic E-state index is 13.3. The van der Waals surface area contributed by atoms with Crippen molar-refractivity contribution in [3.8, 4) is 0 Å². The van der Waals surface area contributed by atoms with E-state index in [4.69, 9.17) is 0 Å². The molecule has 1 aromatic heterocycles. The first-order chi connectivity index (χ1) is 16.0. The number of hydrogen-bond donors (Lipinski definition) is 0. The molecule has 182 valence electrons. The van der Waals surface area contributed by atoms with Gasteiger partial charge in [-0.3, -0.25) is 9.79 Å². The molecule has 0 N–H and O–H groups in total. The van der Waals surface area contributed by atoms with Crippen LogP contribution in [0.4, 0.5) is 19.1 Å². The van der Waals surface area contributed by atoms with Crippen molar-refractivity contribution in [2.24, 2.45) is 4.99 Å². The van der Waals surface area contributed by atoms with Gasteiger partial charge in [-0.05, 0) is 38.3 Å². The molecule has 0 saturated carbocycles. The molecule has 2 saturated heterocycles. The normalized spacial score (nSPS) is 22.7.